The van der Waals surface area contributed by atoms with Crippen LogP contribution in [0.15, 0.2) is 41.0 Å². The van der Waals surface area contributed by atoms with Crippen LogP contribution in [0.25, 0.3) is 0 Å². The first-order valence-corrected chi connectivity index (χ1v) is 5.81. The quantitative estimate of drug-likeness (QED) is 0.926. The standard InChI is InChI=1S/C12H10BrN3O/c1-8-4-2-6-10(15-8)16-12(17)11-9(13)5-3-7-14-11/h2-7H,1H3,(H,15,16,17). The fraction of sp³-hybridized carbons (Fsp3) is 0.0833. The average molecular weight is 292 g/mol. The fourth-order valence-corrected chi connectivity index (χ4v) is 1.78. The molecule has 0 bridgehead atoms. The molecule has 4 nitrogen and oxygen atoms in total. The Kier molecular flexibility index (Phi) is 3.49. The van der Waals surface area contributed by atoms with Crippen LogP contribution in [-0.2, 0) is 0 Å². The van der Waals surface area contributed by atoms with Gasteiger partial charge in [0.05, 0.1) is 0 Å². The van der Waals surface area contributed by atoms with Crippen molar-refractivity contribution in [3.05, 3.63) is 52.4 Å². The molecule has 2 heterocycles. The smallest absolute Gasteiger partial charge is 0.276 e. The van der Waals surface area contributed by atoms with E-state index in [1.165, 1.54) is 0 Å². The zero-order chi connectivity index (χ0) is 12.3. The highest BCUT2D eigenvalue weighted by Gasteiger charge is 2.11. The largest absolute Gasteiger partial charge is 0.305 e. The number of carbonyl (C=O) groups excluding carboxylic acids is 1. The van der Waals surface area contributed by atoms with E-state index in [0.717, 1.165) is 5.69 Å². The molecule has 0 aliphatic carbocycles. The zero-order valence-electron chi connectivity index (χ0n) is 9.14. The van der Waals surface area contributed by atoms with Gasteiger partial charge in [0.15, 0.2) is 0 Å². The molecule has 5 heteroatoms. The Hall–Kier alpha value is -1.75. The maximum absolute atomic E-state index is 11.9. The van der Waals surface area contributed by atoms with Crippen molar-refractivity contribution in [1.29, 1.82) is 0 Å². The predicted molar refractivity (Wildman–Crippen MR) is 68.9 cm³/mol. The van der Waals surface area contributed by atoms with Gasteiger partial charge in [0, 0.05) is 16.4 Å². The van der Waals surface area contributed by atoms with Crippen LogP contribution in [0.1, 0.15) is 16.2 Å². The number of carbonyl (C=O) groups is 1. The van der Waals surface area contributed by atoms with Crippen LogP contribution >= 0.6 is 15.9 Å². The van der Waals surface area contributed by atoms with Crippen LogP contribution in [0.5, 0.6) is 0 Å². The van der Waals surface area contributed by atoms with Crippen LogP contribution in [0, 0.1) is 6.92 Å². The molecular formula is C12H10BrN3O. The van der Waals surface area contributed by atoms with E-state index in [1.807, 2.05) is 19.1 Å². The van der Waals surface area contributed by atoms with E-state index in [0.29, 0.717) is 16.0 Å². The second kappa shape index (κ2) is 5.05. The number of pyridine rings is 2. The Morgan fingerprint density at radius 1 is 1.29 bits per heavy atom. The first kappa shape index (κ1) is 11.7. The number of nitrogens with one attached hydrogen (secondary N) is 1. The lowest BCUT2D eigenvalue weighted by Gasteiger charge is -2.05. The molecule has 0 atom stereocenters. The van der Waals surface area contributed by atoms with Gasteiger partial charge in [-0.1, -0.05) is 6.07 Å². The second-order valence-corrected chi connectivity index (χ2v) is 4.31. The molecule has 2 aromatic rings. The van der Waals surface area contributed by atoms with Crippen LogP contribution in [0.3, 0.4) is 0 Å². The van der Waals surface area contributed by atoms with Crippen LogP contribution in [-0.4, -0.2) is 15.9 Å². The van der Waals surface area contributed by atoms with Crippen molar-refractivity contribution in [3.8, 4) is 0 Å². The van der Waals surface area contributed by atoms with Crippen LogP contribution in [0.4, 0.5) is 5.82 Å². The van der Waals surface area contributed by atoms with Gasteiger partial charge in [-0.15, -0.1) is 0 Å². The molecule has 1 amide bonds. The summed E-state index contributed by atoms with van der Waals surface area (Å²) in [6.07, 6.45) is 1.57. The summed E-state index contributed by atoms with van der Waals surface area (Å²) in [5.74, 6) is 0.239. The number of hydrogen-bond donors (Lipinski definition) is 1. The number of rotatable bonds is 2. The Balaban J connectivity index is 2.20. The number of halogens is 1. The summed E-state index contributed by atoms with van der Waals surface area (Å²) in [6, 6.07) is 8.97. The second-order valence-electron chi connectivity index (χ2n) is 3.45. The molecule has 17 heavy (non-hydrogen) atoms. The van der Waals surface area contributed by atoms with E-state index in [4.69, 9.17) is 0 Å². The lowest BCUT2D eigenvalue weighted by molar-refractivity contribution is 0.102. The maximum atomic E-state index is 11.9. The van der Waals surface area contributed by atoms with E-state index in [1.54, 1.807) is 24.4 Å². The third-order valence-electron chi connectivity index (χ3n) is 2.10. The molecular weight excluding hydrogens is 282 g/mol. The molecule has 1 N–H and O–H groups in total. The molecule has 0 fully saturated rings. The Bertz CT molecular complexity index is 557. The summed E-state index contributed by atoms with van der Waals surface area (Å²) < 4.78 is 0.658. The number of amides is 1. The van der Waals surface area contributed by atoms with E-state index in [9.17, 15) is 4.79 Å². The van der Waals surface area contributed by atoms with Crippen LogP contribution in [0.2, 0.25) is 0 Å². The summed E-state index contributed by atoms with van der Waals surface area (Å²) in [5, 5.41) is 2.70. The molecule has 0 unspecified atom stereocenters. The van der Waals surface area contributed by atoms with Crippen molar-refractivity contribution >= 4 is 27.7 Å². The van der Waals surface area contributed by atoms with Gasteiger partial charge in [-0.25, -0.2) is 9.97 Å². The average Bonchev–Trinajstić information content (AvgIpc) is 2.29. The van der Waals surface area contributed by atoms with E-state index in [2.05, 4.69) is 31.2 Å². The molecule has 2 rings (SSSR count). The van der Waals surface area contributed by atoms with Crippen LogP contribution < -0.4 is 5.32 Å². The molecule has 0 saturated carbocycles. The van der Waals surface area contributed by atoms with Gasteiger partial charge in [-0.3, -0.25) is 4.79 Å². The number of anilines is 1. The summed E-state index contributed by atoms with van der Waals surface area (Å²) in [5.41, 5.74) is 1.19. The summed E-state index contributed by atoms with van der Waals surface area (Å²) >= 11 is 3.28. The molecule has 0 aliphatic rings. The van der Waals surface area contributed by atoms with Gasteiger partial charge in [-0.2, -0.15) is 0 Å². The Labute approximate surface area is 107 Å². The van der Waals surface area contributed by atoms with E-state index < -0.39 is 0 Å². The summed E-state index contributed by atoms with van der Waals surface area (Å²) in [4.78, 5) is 20.1. The molecule has 0 aliphatic heterocycles. The fourth-order valence-electron chi connectivity index (χ4n) is 1.34. The van der Waals surface area contributed by atoms with Gasteiger partial charge >= 0.3 is 0 Å². The van der Waals surface area contributed by atoms with Crippen molar-refractivity contribution in [2.45, 2.75) is 6.92 Å². The zero-order valence-corrected chi connectivity index (χ0v) is 10.7. The van der Waals surface area contributed by atoms with Gasteiger partial charge in [0.25, 0.3) is 5.91 Å². The number of aromatic nitrogens is 2. The minimum absolute atomic E-state index is 0.282. The monoisotopic (exact) mass is 291 g/mol. The SMILES string of the molecule is Cc1cccc(NC(=O)c2ncccc2Br)n1. The van der Waals surface area contributed by atoms with E-state index >= 15 is 0 Å². The molecule has 0 aromatic carbocycles. The molecule has 0 spiro atoms. The molecule has 0 radical (unpaired) electrons. The first-order valence-electron chi connectivity index (χ1n) is 5.02. The Morgan fingerprint density at radius 3 is 2.82 bits per heavy atom. The van der Waals surface area contributed by atoms with Crippen molar-refractivity contribution in [2.24, 2.45) is 0 Å². The third-order valence-corrected chi connectivity index (χ3v) is 2.74. The highest BCUT2D eigenvalue weighted by molar-refractivity contribution is 9.10. The van der Waals surface area contributed by atoms with Crippen molar-refractivity contribution in [2.75, 3.05) is 5.32 Å². The lowest BCUT2D eigenvalue weighted by atomic mass is 10.3. The predicted octanol–water partition coefficient (Wildman–Crippen LogP) is 2.80. The van der Waals surface area contributed by atoms with Crippen molar-refractivity contribution in [1.82, 2.24) is 9.97 Å². The summed E-state index contributed by atoms with van der Waals surface area (Å²) in [6.45, 7) is 1.87. The van der Waals surface area contributed by atoms with Crippen molar-refractivity contribution in [3.63, 3.8) is 0 Å². The topological polar surface area (TPSA) is 54.9 Å². The number of nitrogens with zero attached hydrogens (tertiary/aromatic N) is 2. The van der Waals surface area contributed by atoms with E-state index in [-0.39, 0.29) is 5.91 Å². The van der Waals surface area contributed by atoms with Gasteiger partial charge < -0.3 is 5.32 Å². The molecule has 0 saturated heterocycles. The van der Waals surface area contributed by atoms with Crippen molar-refractivity contribution < 1.29 is 4.79 Å². The normalized spacial score (nSPS) is 10.0. The van der Waals surface area contributed by atoms with Gasteiger partial charge in [-0.05, 0) is 47.1 Å². The highest BCUT2D eigenvalue weighted by Crippen LogP contribution is 2.14. The lowest BCUT2D eigenvalue weighted by Crippen LogP contribution is -2.15. The molecule has 86 valence electrons. The third kappa shape index (κ3) is 2.88. The van der Waals surface area contributed by atoms with Gasteiger partial charge in [0.1, 0.15) is 11.5 Å². The highest BCUT2D eigenvalue weighted by atomic mass is 79.9. The first-order chi connectivity index (χ1) is 8.16. The summed E-state index contributed by atoms with van der Waals surface area (Å²) in [7, 11) is 0. The Morgan fingerprint density at radius 2 is 2.12 bits per heavy atom. The number of hydrogen-bond acceptors (Lipinski definition) is 3. The molecule has 2 aromatic heterocycles. The van der Waals surface area contributed by atoms with Gasteiger partial charge in [0.2, 0.25) is 0 Å². The number of aryl methyl sites for hydroxylation is 1. The maximum Gasteiger partial charge on any atom is 0.276 e. The minimum Gasteiger partial charge on any atom is -0.305 e. The minimum atomic E-state index is -0.282.